The zero-order valence-corrected chi connectivity index (χ0v) is 9.40. The molecular formula is C14H14N2O. The van der Waals surface area contributed by atoms with Crippen molar-refractivity contribution in [2.24, 2.45) is 4.99 Å². The second-order valence-electron chi connectivity index (χ2n) is 3.71. The average Bonchev–Trinajstić information content (AvgIpc) is 2.41. The summed E-state index contributed by atoms with van der Waals surface area (Å²) in [6, 6.07) is 13.3. The van der Waals surface area contributed by atoms with E-state index in [9.17, 15) is 5.11 Å². The van der Waals surface area contributed by atoms with Crippen LogP contribution in [-0.4, -0.2) is 22.8 Å². The summed E-state index contributed by atoms with van der Waals surface area (Å²) in [7, 11) is 0. The topological polar surface area (TPSA) is 45.5 Å². The number of benzene rings is 1. The third-order valence-electron chi connectivity index (χ3n) is 2.39. The van der Waals surface area contributed by atoms with Crippen LogP contribution in [0.4, 0.5) is 0 Å². The molecule has 1 atom stereocenters. The van der Waals surface area contributed by atoms with Crippen molar-refractivity contribution in [1.29, 1.82) is 0 Å². The molecule has 0 saturated carbocycles. The molecule has 0 aliphatic rings. The summed E-state index contributed by atoms with van der Waals surface area (Å²) in [6.45, 7) is 0.360. The Balaban J connectivity index is 1.93. The van der Waals surface area contributed by atoms with Crippen molar-refractivity contribution in [3.63, 3.8) is 0 Å². The standard InChI is InChI=1S/C14H14N2O/c17-14(13-6-2-1-3-7-13)11-16-10-12-5-4-8-15-9-12/h1-10,14,17H,11H2. The molecule has 2 aromatic rings. The van der Waals surface area contributed by atoms with Gasteiger partial charge in [0, 0.05) is 24.2 Å². The summed E-state index contributed by atoms with van der Waals surface area (Å²) in [5.74, 6) is 0. The first-order valence-corrected chi connectivity index (χ1v) is 5.49. The van der Waals surface area contributed by atoms with Crippen molar-refractivity contribution < 1.29 is 5.11 Å². The van der Waals surface area contributed by atoms with Gasteiger partial charge in [-0.05, 0) is 11.6 Å². The highest BCUT2D eigenvalue weighted by Gasteiger charge is 2.04. The fourth-order valence-electron chi connectivity index (χ4n) is 1.49. The Kier molecular flexibility index (Phi) is 4.00. The minimum Gasteiger partial charge on any atom is -0.386 e. The van der Waals surface area contributed by atoms with Crippen LogP contribution < -0.4 is 0 Å². The molecule has 3 heteroatoms. The SMILES string of the molecule is OC(CN=Cc1cccnc1)c1ccccc1. The zero-order valence-electron chi connectivity index (χ0n) is 9.40. The molecule has 0 spiro atoms. The molecule has 0 aliphatic carbocycles. The van der Waals surface area contributed by atoms with Crippen molar-refractivity contribution in [2.75, 3.05) is 6.54 Å². The Morgan fingerprint density at radius 2 is 2.00 bits per heavy atom. The van der Waals surface area contributed by atoms with Gasteiger partial charge < -0.3 is 5.11 Å². The van der Waals surface area contributed by atoms with E-state index in [1.165, 1.54) is 0 Å². The fourth-order valence-corrected chi connectivity index (χ4v) is 1.49. The molecule has 2 rings (SSSR count). The Labute approximate surface area is 100 Å². The maximum atomic E-state index is 9.87. The van der Waals surface area contributed by atoms with E-state index < -0.39 is 6.10 Å². The highest BCUT2D eigenvalue weighted by molar-refractivity contribution is 5.78. The van der Waals surface area contributed by atoms with E-state index in [1.54, 1.807) is 18.6 Å². The predicted molar refractivity (Wildman–Crippen MR) is 68.1 cm³/mol. The summed E-state index contributed by atoms with van der Waals surface area (Å²) >= 11 is 0. The number of pyridine rings is 1. The second kappa shape index (κ2) is 5.92. The van der Waals surface area contributed by atoms with E-state index in [1.807, 2.05) is 42.5 Å². The van der Waals surface area contributed by atoms with Gasteiger partial charge in [0.25, 0.3) is 0 Å². The van der Waals surface area contributed by atoms with Gasteiger partial charge in [-0.15, -0.1) is 0 Å². The van der Waals surface area contributed by atoms with E-state index in [0.717, 1.165) is 11.1 Å². The summed E-state index contributed by atoms with van der Waals surface area (Å²) in [5.41, 5.74) is 1.82. The normalized spacial score (nSPS) is 12.8. The fraction of sp³-hybridized carbons (Fsp3) is 0.143. The second-order valence-corrected chi connectivity index (χ2v) is 3.71. The average molecular weight is 226 g/mol. The molecular weight excluding hydrogens is 212 g/mol. The summed E-state index contributed by atoms with van der Waals surface area (Å²) in [4.78, 5) is 8.19. The number of hydrogen-bond acceptors (Lipinski definition) is 3. The molecule has 0 aliphatic heterocycles. The van der Waals surface area contributed by atoms with Crippen LogP contribution in [0.5, 0.6) is 0 Å². The van der Waals surface area contributed by atoms with Gasteiger partial charge in [-0.25, -0.2) is 0 Å². The van der Waals surface area contributed by atoms with Crippen LogP contribution in [0.25, 0.3) is 0 Å². The summed E-state index contributed by atoms with van der Waals surface area (Å²) in [5, 5.41) is 9.87. The van der Waals surface area contributed by atoms with Crippen LogP contribution in [0.15, 0.2) is 59.9 Å². The first-order chi connectivity index (χ1) is 8.36. The van der Waals surface area contributed by atoms with Crippen molar-refractivity contribution in [3.05, 3.63) is 66.0 Å². The summed E-state index contributed by atoms with van der Waals surface area (Å²) < 4.78 is 0. The Morgan fingerprint density at radius 3 is 2.71 bits per heavy atom. The van der Waals surface area contributed by atoms with Crippen LogP contribution in [-0.2, 0) is 0 Å². The molecule has 17 heavy (non-hydrogen) atoms. The van der Waals surface area contributed by atoms with E-state index in [4.69, 9.17) is 0 Å². The minimum atomic E-state index is -0.552. The van der Waals surface area contributed by atoms with Crippen LogP contribution in [0.3, 0.4) is 0 Å². The number of aliphatic hydroxyl groups excluding tert-OH is 1. The van der Waals surface area contributed by atoms with E-state index in [-0.39, 0.29) is 0 Å². The van der Waals surface area contributed by atoms with Crippen molar-refractivity contribution in [3.8, 4) is 0 Å². The molecule has 0 radical (unpaired) electrons. The lowest BCUT2D eigenvalue weighted by Gasteiger charge is -2.06. The van der Waals surface area contributed by atoms with Gasteiger partial charge in [0.05, 0.1) is 12.6 Å². The van der Waals surface area contributed by atoms with Crippen molar-refractivity contribution in [1.82, 2.24) is 4.98 Å². The number of nitrogens with zero attached hydrogens (tertiary/aromatic N) is 2. The van der Waals surface area contributed by atoms with E-state index >= 15 is 0 Å². The van der Waals surface area contributed by atoms with Crippen LogP contribution >= 0.6 is 0 Å². The van der Waals surface area contributed by atoms with Gasteiger partial charge in [0.2, 0.25) is 0 Å². The summed E-state index contributed by atoms with van der Waals surface area (Å²) in [6.07, 6.45) is 4.62. The lowest BCUT2D eigenvalue weighted by atomic mass is 10.1. The van der Waals surface area contributed by atoms with Gasteiger partial charge in [-0.2, -0.15) is 0 Å². The van der Waals surface area contributed by atoms with Crippen molar-refractivity contribution >= 4 is 6.21 Å². The molecule has 3 nitrogen and oxygen atoms in total. The molecule has 0 fully saturated rings. The molecule has 1 aromatic heterocycles. The van der Waals surface area contributed by atoms with Gasteiger partial charge in [0.15, 0.2) is 0 Å². The van der Waals surface area contributed by atoms with E-state index in [0.29, 0.717) is 6.54 Å². The Hall–Kier alpha value is -2.00. The maximum Gasteiger partial charge on any atom is 0.0985 e. The number of hydrogen-bond donors (Lipinski definition) is 1. The van der Waals surface area contributed by atoms with Gasteiger partial charge in [0.1, 0.15) is 0 Å². The predicted octanol–water partition coefficient (Wildman–Crippen LogP) is 2.23. The number of rotatable bonds is 4. The third-order valence-corrected chi connectivity index (χ3v) is 2.39. The first-order valence-electron chi connectivity index (χ1n) is 5.49. The Bertz CT molecular complexity index is 468. The number of aliphatic imine (C=N–C) groups is 1. The third kappa shape index (κ3) is 3.50. The molecule has 0 saturated heterocycles. The van der Waals surface area contributed by atoms with Gasteiger partial charge in [-0.3, -0.25) is 9.98 Å². The zero-order chi connectivity index (χ0) is 11.9. The quantitative estimate of drug-likeness (QED) is 0.812. The molecule has 1 N–H and O–H groups in total. The minimum absolute atomic E-state index is 0.360. The van der Waals surface area contributed by atoms with Gasteiger partial charge >= 0.3 is 0 Å². The van der Waals surface area contributed by atoms with E-state index in [2.05, 4.69) is 9.98 Å². The smallest absolute Gasteiger partial charge is 0.0985 e. The van der Waals surface area contributed by atoms with Crippen molar-refractivity contribution in [2.45, 2.75) is 6.10 Å². The molecule has 1 aromatic carbocycles. The molecule has 0 amide bonds. The highest BCUT2D eigenvalue weighted by Crippen LogP contribution is 2.11. The largest absolute Gasteiger partial charge is 0.386 e. The Morgan fingerprint density at radius 1 is 1.18 bits per heavy atom. The number of aromatic nitrogens is 1. The molecule has 1 unspecified atom stereocenters. The van der Waals surface area contributed by atoms with Crippen LogP contribution in [0.1, 0.15) is 17.2 Å². The van der Waals surface area contributed by atoms with Crippen LogP contribution in [0.2, 0.25) is 0 Å². The lowest BCUT2D eigenvalue weighted by molar-refractivity contribution is 0.187. The molecule has 0 bridgehead atoms. The highest BCUT2D eigenvalue weighted by atomic mass is 16.3. The first kappa shape index (κ1) is 11.5. The van der Waals surface area contributed by atoms with Gasteiger partial charge in [-0.1, -0.05) is 36.4 Å². The monoisotopic (exact) mass is 226 g/mol. The molecule has 86 valence electrons. The van der Waals surface area contributed by atoms with Crippen LogP contribution in [0, 0.1) is 0 Å². The number of aliphatic hydroxyl groups is 1. The molecule has 1 heterocycles. The lowest BCUT2D eigenvalue weighted by Crippen LogP contribution is -2.01. The maximum absolute atomic E-state index is 9.87.